The average Bonchev–Trinajstić information content (AvgIpc) is 2.55. The van der Waals surface area contributed by atoms with Gasteiger partial charge in [0.1, 0.15) is 0 Å². The molecule has 1 saturated carbocycles. The Bertz CT molecular complexity index is 717. The Morgan fingerprint density at radius 2 is 1.86 bits per heavy atom. The van der Waals surface area contributed by atoms with E-state index in [4.69, 9.17) is 0 Å². The number of carbonyl (C=O) groups is 1. The summed E-state index contributed by atoms with van der Waals surface area (Å²) in [6.45, 7) is 0. The SMILES string of the molecule is CN(C(=O)c1n[nH]c(=O)c2ccccc12)C1CCCCC1. The molecule has 0 spiro atoms. The van der Waals surface area contributed by atoms with Gasteiger partial charge in [0.05, 0.1) is 5.39 Å². The van der Waals surface area contributed by atoms with Crippen LogP contribution in [0.1, 0.15) is 42.6 Å². The Balaban J connectivity index is 1.98. The molecular formula is C16H19N3O2. The highest BCUT2D eigenvalue weighted by molar-refractivity contribution is 6.04. The summed E-state index contributed by atoms with van der Waals surface area (Å²) in [4.78, 5) is 26.3. The largest absolute Gasteiger partial charge is 0.337 e. The second-order valence-corrected chi connectivity index (χ2v) is 5.65. The van der Waals surface area contributed by atoms with Crippen LogP contribution < -0.4 is 5.56 Å². The lowest BCUT2D eigenvalue weighted by Crippen LogP contribution is -2.39. The molecule has 0 unspecified atom stereocenters. The van der Waals surface area contributed by atoms with E-state index in [1.165, 1.54) is 19.3 Å². The lowest BCUT2D eigenvalue weighted by atomic mass is 9.94. The number of hydrogen-bond donors (Lipinski definition) is 1. The van der Waals surface area contributed by atoms with Gasteiger partial charge in [0, 0.05) is 18.5 Å². The maximum absolute atomic E-state index is 12.7. The smallest absolute Gasteiger partial charge is 0.274 e. The monoisotopic (exact) mass is 285 g/mol. The van der Waals surface area contributed by atoms with E-state index in [2.05, 4.69) is 10.2 Å². The maximum atomic E-state index is 12.7. The van der Waals surface area contributed by atoms with Gasteiger partial charge in [-0.05, 0) is 18.9 Å². The van der Waals surface area contributed by atoms with Crippen molar-refractivity contribution in [1.29, 1.82) is 0 Å². The van der Waals surface area contributed by atoms with E-state index in [9.17, 15) is 9.59 Å². The Hall–Kier alpha value is -2.17. The Kier molecular flexibility index (Phi) is 3.73. The van der Waals surface area contributed by atoms with E-state index >= 15 is 0 Å². The van der Waals surface area contributed by atoms with E-state index in [1.807, 2.05) is 13.1 Å². The summed E-state index contributed by atoms with van der Waals surface area (Å²) >= 11 is 0. The molecule has 1 heterocycles. The third-order valence-electron chi connectivity index (χ3n) is 4.34. The van der Waals surface area contributed by atoms with E-state index in [0.29, 0.717) is 16.5 Å². The summed E-state index contributed by atoms with van der Waals surface area (Å²) in [5.41, 5.74) is 0.0701. The summed E-state index contributed by atoms with van der Waals surface area (Å²) in [5, 5.41) is 7.55. The Labute approximate surface area is 123 Å². The van der Waals surface area contributed by atoms with Crippen LogP contribution in [0.4, 0.5) is 0 Å². The first kappa shape index (κ1) is 13.8. The molecule has 0 aliphatic heterocycles. The van der Waals surface area contributed by atoms with Crippen LogP contribution in [-0.4, -0.2) is 34.1 Å². The summed E-state index contributed by atoms with van der Waals surface area (Å²) in [5.74, 6) is -0.116. The molecule has 0 radical (unpaired) electrons. The minimum Gasteiger partial charge on any atom is -0.337 e. The fourth-order valence-corrected chi connectivity index (χ4v) is 3.08. The van der Waals surface area contributed by atoms with Crippen LogP contribution >= 0.6 is 0 Å². The number of rotatable bonds is 2. The fraction of sp³-hybridized carbons (Fsp3) is 0.438. The number of carbonyl (C=O) groups excluding carboxylic acids is 1. The second kappa shape index (κ2) is 5.68. The minimum atomic E-state index is -0.262. The van der Waals surface area contributed by atoms with Crippen LogP contribution in [0.15, 0.2) is 29.1 Å². The molecule has 21 heavy (non-hydrogen) atoms. The highest BCUT2D eigenvalue weighted by Crippen LogP contribution is 2.23. The number of benzene rings is 1. The van der Waals surface area contributed by atoms with Gasteiger partial charge in [-0.2, -0.15) is 5.10 Å². The van der Waals surface area contributed by atoms with Gasteiger partial charge in [0.2, 0.25) is 0 Å². The van der Waals surface area contributed by atoms with Crippen LogP contribution in [0.3, 0.4) is 0 Å². The lowest BCUT2D eigenvalue weighted by molar-refractivity contribution is 0.0691. The summed E-state index contributed by atoms with van der Waals surface area (Å²) in [6, 6.07) is 7.38. The van der Waals surface area contributed by atoms with Crippen LogP contribution in [-0.2, 0) is 0 Å². The van der Waals surface area contributed by atoms with E-state index in [1.54, 1.807) is 23.1 Å². The van der Waals surface area contributed by atoms with Crippen molar-refractivity contribution in [2.45, 2.75) is 38.1 Å². The van der Waals surface area contributed by atoms with Crippen molar-refractivity contribution in [3.8, 4) is 0 Å². The third-order valence-corrected chi connectivity index (χ3v) is 4.34. The molecule has 0 saturated heterocycles. The number of aromatic amines is 1. The molecule has 110 valence electrons. The third kappa shape index (κ3) is 2.55. The van der Waals surface area contributed by atoms with E-state index in [0.717, 1.165) is 12.8 Å². The number of H-pyrrole nitrogens is 1. The molecule has 5 nitrogen and oxygen atoms in total. The normalized spacial score (nSPS) is 16.0. The molecule has 0 bridgehead atoms. The molecule has 1 aromatic carbocycles. The van der Waals surface area contributed by atoms with Crippen LogP contribution in [0.5, 0.6) is 0 Å². The first-order valence-corrected chi connectivity index (χ1v) is 7.43. The Morgan fingerprint density at radius 3 is 2.57 bits per heavy atom. The Morgan fingerprint density at radius 1 is 1.19 bits per heavy atom. The van der Waals surface area contributed by atoms with Crippen LogP contribution in [0.25, 0.3) is 10.8 Å². The molecule has 1 amide bonds. The summed E-state index contributed by atoms with van der Waals surface area (Å²) in [6.07, 6.45) is 5.68. The predicted molar refractivity (Wildman–Crippen MR) is 81.3 cm³/mol. The van der Waals surface area contributed by atoms with Crippen LogP contribution in [0.2, 0.25) is 0 Å². The average molecular weight is 285 g/mol. The standard InChI is InChI=1S/C16H19N3O2/c1-19(11-7-3-2-4-8-11)16(21)14-12-9-5-6-10-13(12)15(20)18-17-14/h5-6,9-11H,2-4,7-8H2,1H3,(H,18,20). The number of nitrogens with zero attached hydrogens (tertiary/aromatic N) is 2. The molecule has 0 atom stereocenters. The molecule has 1 aliphatic rings. The zero-order chi connectivity index (χ0) is 14.8. The van der Waals surface area contributed by atoms with Gasteiger partial charge < -0.3 is 4.90 Å². The molecule has 1 aromatic heterocycles. The molecule has 3 rings (SSSR count). The van der Waals surface area contributed by atoms with Gasteiger partial charge in [-0.3, -0.25) is 9.59 Å². The van der Waals surface area contributed by atoms with Crippen molar-refractivity contribution in [3.05, 3.63) is 40.3 Å². The van der Waals surface area contributed by atoms with Crippen molar-refractivity contribution in [2.75, 3.05) is 7.05 Å². The number of amides is 1. The highest BCUT2D eigenvalue weighted by Gasteiger charge is 2.25. The number of nitrogens with one attached hydrogen (secondary N) is 1. The van der Waals surface area contributed by atoms with E-state index < -0.39 is 0 Å². The van der Waals surface area contributed by atoms with Crippen molar-refractivity contribution < 1.29 is 4.79 Å². The fourth-order valence-electron chi connectivity index (χ4n) is 3.08. The number of hydrogen-bond acceptors (Lipinski definition) is 3. The first-order chi connectivity index (χ1) is 10.2. The van der Waals surface area contributed by atoms with Gasteiger partial charge in [-0.1, -0.05) is 37.5 Å². The zero-order valence-electron chi connectivity index (χ0n) is 12.1. The van der Waals surface area contributed by atoms with Crippen LogP contribution in [0, 0.1) is 0 Å². The van der Waals surface area contributed by atoms with Gasteiger partial charge >= 0.3 is 0 Å². The highest BCUT2D eigenvalue weighted by atomic mass is 16.2. The molecule has 2 aromatic rings. The number of aromatic nitrogens is 2. The molecule has 1 N–H and O–H groups in total. The van der Waals surface area contributed by atoms with Gasteiger partial charge in [0.25, 0.3) is 11.5 Å². The first-order valence-electron chi connectivity index (χ1n) is 7.43. The number of fused-ring (bicyclic) bond motifs is 1. The topological polar surface area (TPSA) is 66.1 Å². The molecule has 5 heteroatoms. The second-order valence-electron chi connectivity index (χ2n) is 5.65. The maximum Gasteiger partial charge on any atom is 0.274 e. The quantitative estimate of drug-likeness (QED) is 0.921. The van der Waals surface area contributed by atoms with Crippen molar-refractivity contribution in [1.82, 2.24) is 15.1 Å². The molecule has 1 fully saturated rings. The van der Waals surface area contributed by atoms with Crippen molar-refractivity contribution >= 4 is 16.7 Å². The van der Waals surface area contributed by atoms with Gasteiger partial charge in [-0.15, -0.1) is 0 Å². The van der Waals surface area contributed by atoms with Crippen molar-refractivity contribution in [2.24, 2.45) is 0 Å². The lowest BCUT2D eigenvalue weighted by Gasteiger charge is -2.31. The zero-order valence-corrected chi connectivity index (χ0v) is 12.1. The van der Waals surface area contributed by atoms with Crippen molar-refractivity contribution in [3.63, 3.8) is 0 Å². The molecule has 1 aliphatic carbocycles. The summed E-state index contributed by atoms with van der Waals surface area (Å²) < 4.78 is 0. The summed E-state index contributed by atoms with van der Waals surface area (Å²) in [7, 11) is 1.83. The minimum absolute atomic E-state index is 0.116. The molecular weight excluding hydrogens is 266 g/mol. The van der Waals surface area contributed by atoms with E-state index in [-0.39, 0.29) is 17.5 Å². The van der Waals surface area contributed by atoms with Gasteiger partial charge in [0.15, 0.2) is 5.69 Å². The predicted octanol–water partition coefficient (Wildman–Crippen LogP) is 2.33. The van der Waals surface area contributed by atoms with Gasteiger partial charge in [-0.25, -0.2) is 5.10 Å².